The monoisotopic (exact) mass is 189 g/mol. The van der Waals surface area contributed by atoms with Crippen LogP contribution in [0, 0.1) is 12.3 Å². The molecule has 0 saturated heterocycles. The molecular formula is C10H11N3O. The Morgan fingerprint density at radius 1 is 1.57 bits per heavy atom. The molecule has 14 heavy (non-hydrogen) atoms. The molecule has 1 aromatic carbocycles. The van der Waals surface area contributed by atoms with Crippen molar-refractivity contribution in [1.82, 2.24) is 5.53 Å². The Balaban J connectivity index is 2.33. The van der Waals surface area contributed by atoms with Gasteiger partial charge in [0, 0.05) is 6.07 Å². The lowest BCUT2D eigenvalue weighted by molar-refractivity contribution is 0.415. The lowest BCUT2D eigenvalue weighted by Crippen LogP contribution is -2.36. The van der Waals surface area contributed by atoms with Crippen LogP contribution in [0.25, 0.3) is 0 Å². The number of methoxy groups -OCH3 is 1. The summed E-state index contributed by atoms with van der Waals surface area (Å²) in [5.41, 5.74) is 7.97. The molecule has 1 aliphatic rings. The van der Waals surface area contributed by atoms with E-state index in [0.29, 0.717) is 6.54 Å². The van der Waals surface area contributed by atoms with Gasteiger partial charge in [0.15, 0.2) is 0 Å². The van der Waals surface area contributed by atoms with Crippen molar-refractivity contribution in [1.29, 1.82) is 0 Å². The van der Waals surface area contributed by atoms with Crippen molar-refractivity contribution in [3.05, 3.63) is 18.2 Å². The summed E-state index contributed by atoms with van der Waals surface area (Å²) in [6, 6.07) is 5.77. The van der Waals surface area contributed by atoms with E-state index >= 15 is 0 Å². The second kappa shape index (κ2) is 3.48. The maximum atomic E-state index is 5.25. The highest BCUT2D eigenvalue weighted by molar-refractivity contribution is 5.74. The Kier molecular flexibility index (Phi) is 2.17. The average molecular weight is 189 g/mol. The highest BCUT2D eigenvalue weighted by Gasteiger charge is 2.17. The Bertz CT molecular complexity index is 383. The molecule has 0 saturated carbocycles. The van der Waals surface area contributed by atoms with Gasteiger partial charge in [-0.3, -0.25) is 5.01 Å². The predicted molar refractivity (Wildman–Crippen MR) is 55.9 cm³/mol. The van der Waals surface area contributed by atoms with Gasteiger partial charge in [0.1, 0.15) is 5.75 Å². The minimum absolute atomic E-state index is 0.507. The maximum Gasteiger partial charge on any atom is 0.121 e. The molecule has 0 aliphatic carbocycles. The molecule has 4 nitrogen and oxygen atoms in total. The molecule has 72 valence electrons. The Morgan fingerprint density at radius 3 is 3.14 bits per heavy atom. The number of hydrogen-bond donors (Lipinski definition) is 2. The van der Waals surface area contributed by atoms with E-state index in [1.165, 1.54) is 0 Å². The quantitative estimate of drug-likeness (QED) is 0.680. The third-order valence-corrected chi connectivity index (χ3v) is 2.07. The van der Waals surface area contributed by atoms with Crippen LogP contribution in [-0.2, 0) is 0 Å². The van der Waals surface area contributed by atoms with E-state index in [1.54, 1.807) is 7.11 Å². The van der Waals surface area contributed by atoms with Crippen LogP contribution < -0.4 is 20.7 Å². The van der Waals surface area contributed by atoms with Crippen molar-refractivity contribution in [3.8, 4) is 18.1 Å². The molecule has 2 N–H and O–H groups in total. The molecule has 1 heterocycles. The van der Waals surface area contributed by atoms with Crippen LogP contribution in [0.1, 0.15) is 0 Å². The summed E-state index contributed by atoms with van der Waals surface area (Å²) in [4.78, 5) is 0. The third kappa shape index (κ3) is 1.34. The van der Waals surface area contributed by atoms with Crippen molar-refractivity contribution >= 4 is 11.4 Å². The summed E-state index contributed by atoms with van der Waals surface area (Å²) in [6.45, 7) is 0.507. The third-order valence-electron chi connectivity index (χ3n) is 2.07. The zero-order valence-corrected chi connectivity index (χ0v) is 7.87. The van der Waals surface area contributed by atoms with E-state index in [2.05, 4.69) is 16.9 Å². The minimum Gasteiger partial charge on any atom is -0.497 e. The molecule has 0 spiro atoms. The van der Waals surface area contributed by atoms with Gasteiger partial charge in [-0.15, -0.1) is 12.0 Å². The first kappa shape index (κ1) is 8.73. The molecule has 0 unspecified atom stereocenters. The average Bonchev–Trinajstić information content (AvgIpc) is 2.61. The Morgan fingerprint density at radius 2 is 2.43 bits per heavy atom. The zero-order valence-electron chi connectivity index (χ0n) is 7.87. The highest BCUT2D eigenvalue weighted by atomic mass is 16.5. The summed E-state index contributed by atoms with van der Waals surface area (Å²) in [7, 11) is 1.64. The summed E-state index contributed by atoms with van der Waals surface area (Å²) < 4.78 is 5.13. The van der Waals surface area contributed by atoms with Gasteiger partial charge in [-0.05, 0) is 12.1 Å². The second-order valence-electron chi connectivity index (χ2n) is 2.91. The van der Waals surface area contributed by atoms with Crippen LogP contribution in [0.3, 0.4) is 0 Å². The van der Waals surface area contributed by atoms with Gasteiger partial charge in [-0.25, -0.2) is 0 Å². The lowest BCUT2D eigenvalue weighted by atomic mass is 10.2. The summed E-state index contributed by atoms with van der Waals surface area (Å²) in [5, 5.41) is 1.85. The number of benzene rings is 1. The zero-order chi connectivity index (χ0) is 9.97. The number of hydrogen-bond acceptors (Lipinski definition) is 4. The van der Waals surface area contributed by atoms with Crippen LogP contribution in [0.4, 0.5) is 11.4 Å². The van der Waals surface area contributed by atoms with Gasteiger partial charge in [0.2, 0.25) is 0 Å². The molecule has 4 heteroatoms. The van der Waals surface area contributed by atoms with E-state index in [1.807, 2.05) is 23.2 Å². The van der Waals surface area contributed by atoms with Crippen LogP contribution >= 0.6 is 0 Å². The highest BCUT2D eigenvalue weighted by Crippen LogP contribution is 2.32. The Hall–Kier alpha value is -1.86. The SMILES string of the molecule is C#CCN1NNc2ccc(OC)cc21. The first-order valence-electron chi connectivity index (χ1n) is 4.26. The number of nitrogens with one attached hydrogen (secondary N) is 2. The maximum absolute atomic E-state index is 5.25. The molecule has 2 rings (SSSR count). The lowest BCUT2D eigenvalue weighted by Gasteiger charge is -2.14. The fourth-order valence-corrected chi connectivity index (χ4v) is 1.37. The number of ether oxygens (including phenoxy) is 1. The van der Waals surface area contributed by atoms with Crippen LogP contribution in [0.5, 0.6) is 5.75 Å². The van der Waals surface area contributed by atoms with Gasteiger partial charge in [-0.1, -0.05) is 5.92 Å². The molecule has 0 fully saturated rings. The molecule has 0 aromatic heterocycles. The largest absolute Gasteiger partial charge is 0.497 e. The minimum atomic E-state index is 0.507. The number of anilines is 2. The number of nitrogens with zero attached hydrogens (tertiary/aromatic N) is 1. The van der Waals surface area contributed by atoms with Gasteiger partial charge in [0.05, 0.1) is 25.0 Å². The number of fused-ring (bicyclic) bond motifs is 1. The standard InChI is InChI=1S/C10H11N3O/c1-3-6-13-10-7-8(14-2)4-5-9(10)11-12-13/h1,4-5,7,11-12H,6H2,2H3. The fourth-order valence-electron chi connectivity index (χ4n) is 1.37. The van der Waals surface area contributed by atoms with Gasteiger partial charge in [0.25, 0.3) is 0 Å². The fraction of sp³-hybridized carbons (Fsp3) is 0.200. The van der Waals surface area contributed by atoms with E-state index < -0.39 is 0 Å². The number of terminal acetylenes is 1. The van der Waals surface area contributed by atoms with E-state index in [4.69, 9.17) is 11.2 Å². The number of hydrazine groups is 2. The normalized spacial score (nSPS) is 13.0. The molecule has 1 aliphatic heterocycles. The topological polar surface area (TPSA) is 36.5 Å². The molecule has 0 radical (unpaired) electrons. The summed E-state index contributed by atoms with van der Waals surface area (Å²) in [6.07, 6.45) is 5.25. The second-order valence-corrected chi connectivity index (χ2v) is 2.91. The first-order chi connectivity index (χ1) is 6.85. The van der Waals surface area contributed by atoms with E-state index in [-0.39, 0.29) is 0 Å². The van der Waals surface area contributed by atoms with Crippen molar-refractivity contribution < 1.29 is 4.74 Å². The first-order valence-corrected chi connectivity index (χ1v) is 4.26. The van der Waals surface area contributed by atoms with Crippen LogP contribution in [0.2, 0.25) is 0 Å². The smallest absolute Gasteiger partial charge is 0.121 e. The van der Waals surface area contributed by atoms with Crippen molar-refractivity contribution in [2.75, 3.05) is 24.1 Å². The predicted octanol–water partition coefficient (Wildman–Crippen LogP) is 0.980. The van der Waals surface area contributed by atoms with Crippen molar-refractivity contribution in [2.24, 2.45) is 0 Å². The Labute approximate surface area is 82.8 Å². The van der Waals surface area contributed by atoms with E-state index in [9.17, 15) is 0 Å². The summed E-state index contributed by atoms with van der Waals surface area (Å²) >= 11 is 0. The molecule has 0 atom stereocenters. The van der Waals surface area contributed by atoms with Gasteiger partial charge < -0.3 is 10.2 Å². The van der Waals surface area contributed by atoms with Crippen molar-refractivity contribution in [2.45, 2.75) is 0 Å². The summed E-state index contributed by atoms with van der Waals surface area (Å²) in [5.74, 6) is 3.39. The molecule has 0 amide bonds. The molecular weight excluding hydrogens is 178 g/mol. The van der Waals surface area contributed by atoms with Gasteiger partial charge >= 0.3 is 0 Å². The number of rotatable bonds is 2. The molecule has 0 bridgehead atoms. The van der Waals surface area contributed by atoms with E-state index in [0.717, 1.165) is 17.1 Å². The van der Waals surface area contributed by atoms with Crippen molar-refractivity contribution in [3.63, 3.8) is 0 Å². The van der Waals surface area contributed by atoms with Crippen LogP contribution in [0.15, 0.2) is 18.2 Å². The molecule has 1 aromatic rings. The van der Waals surface area contributed by atoms with Gasteiger partial charge in [-0.2, -0.15) is 0 Å². The van der Waals surface area contributed by atoms with Crippen LogP contribution in [-0.4, -0.2) is 13.7 Å².